The molecule has 0 aliphatic rings. The molecule has 0 spiro atoms. The molecule has 198 valence electrons. The molecule has 0 N–H and O–H groups in total. The number of ether oxygens (including phenoxy) is 4. The molecule has 35 heavy (non-hydrogen) atoms. The average Bonchev–Trinajstić information content (AvgIpc) is 2.86. The van der Waals surface area contributed by atoms with E-state index in [4.69, 9.17) is 32.2 Å². The monoisotopic (exact) mass is 514 g/mol. The fraction of sp³-hybridized carbons (Fsp3) is 0.625. The maximum atomic E-state index is 13.5. The number of benzene rings is 1. The summed E-state index contributed by atoms with van der Waals surface area (Å²) in [5.41, 5.74) is -2.22. The smallest absolute Gasteiger partial charge is 0.469 e. The molecule has 1 aromatic carbocycles. The minimum Gasteiger partial charge on any atom is -0.469 e. The van der Waals surface area contributed by atoms with Crippen molar-refractivity contribution in [3.8, 4) is 0 Å². The average molecular weight is 515 g/mol. The Bertz CT molecular complexity index is 751. The quantitative estimate of drug-likeness (QED) is 0.174. The Morgan fingerprint density at radius 3 is 1.71 bits per heavy atom. The minimum absolute atomic E-state index is 0.0884. The van der Waals surface area contributed by atoms with E-state index in [9.17, 15) is 14.4 Å². The van der Waals surface area contributed by atoms with Crippen LogP contribution in [0.4, 0.5) is 0 Å². The molecular weight excluding hydrogens is 476 g/mol. The van der Waals surface area contributed by atoms with Gasteiger partial charge >= 0.3 is 26.7 Å². The molecular formula is C24H38O10Si. The van der Waals surface area contributed by atoms with Gasteiger partial charge in [-0.3, -0.25) is 9.59 Å². The van der Waals surface area contributed by atoms with Gasteiger partial charge in [0.15, 0.2) is 5.60 Å². The summed E-state index contributed by atoms with van der Waals surface area (Å²) < 4.78 is 39.4. The van der Waals surface area contributed by atoms with Gasteiger partial charge in [-0.05, 0) is 32.8 Å². The molecule has 1 unspecified atom stereocenters. The molecule has 0 aliphatic carbocycles. The molecule has 11 heteroatoms. The summed E-state index contributed by atoms with van der Waals surface area (Å²) in [5.74, 6) is -2.45. The van der Waals surface area contributed by atoms with E-state index in [1.165, 1.54) is 14.2 Å². The SMILES string of the molecule is CCO[Si](OCC)(OCC)C(CC)OC(CC(=O)OC)(CC(=O)OC)C(=O)OCc1ccccc1. The summed E-state index contributed by atoms with van der Waals surface area (Å²) in [6, 6.07) is 8.99. The number of methoxy groups -OCH3 is 2. The van der Waals surface area contributed by atoms with Gasteiger partial charge in [-0.15, -0.1) is 0 Å². The molecule has 1 rings (SSSR count). The molecule has 1 aromatic rings. The first-order valence-corrected chi connectivity index (χ1v) is 13.5. The van der Waals surface area contributed by atoms with Crippen molar-refractivity contribution in [1.29, 1.82) is 0 Å². The molecule has 0 saturated heterocycles. The van der Waals surface area contributed by atoms with Gasteiger partial charge in [0.1, 0.15) is 12.3 Å². The summed E-state index contributed by atoms with van der Waals surface area (Å²) in [4.78, 5) is 38.4. The second-order valence-corrected chi connectivity index (χ2v) is 10.2. The van der Waals surface area contributed by atoms with E-state index in [1.54, 1.807) is 52.0 Å². The summed E-state index contributed by atoms with van der Waals surface area (Å²) in [6.45, 7) is 7.89. The van der Waals surface area contributed by atoms with Gasteiger partial charge in [-0.2, -0.15) is 0 Å². The predicted molar refractivity (Wildman–Crippen MR) is 128 cm³/mol. The van der Waals surface area contributed by atoms with Crippen LogP contribution < -0.4 is 0 Å². The highest BCUT2D eigenvalue weighted by atomic mass is 28.4. The Balaban J connectivity index is 3.49. The molecule has 1 atom stereocenters. The third kappa shape index (κ3) is 9.01. The molecule has 0 bridgehead atoms. The van der Waals surface area contributed by atoms with E-state index in [0.29, 0.717) is 6.42 Å². The summed E-state index contributed by atoms with van der Waals surface area (Å²) in [6.07, 6.45) is -0.864. The lowest BCUT2D eigenvalue weighted by atomic mass is 9.95. The van der Waals surface area contributed by atoms with Gasteiger partial charge in [0.25, 0.3) is 0 Å². The minimum atomic E-state index is -3.52. The molecule has 0 heterocycles. The van der Waals surface area contributed by atoms with Gasteiger partial charge in [-0.1, -0.05) is 37.3 Å². The first-order valence-electron chi connectivity index (χ1n) is 11.7. The van der Waals surface area contributed by atoms with Crippen molar-refractivity contribution in [3.63, 3.8) is 0 Å². The third-order valence-corrected chi connectivity index (χ3v) is 8.46. The Kier molecular flexibility index (Phi) is 13.7. The lowest BCUT2D eigenvalue weighted by molar-refractivity contribution is -0.192. The molecule has 0 amide bonds. The Morgan fingerprint density at radius 1 is 0.829 bits per heavy atom. The van der Waals surface area contributed by atoms with Crippen molar-refractivity contribution in [2.75, 3.05) is 34.0 Å². The zero-order valence-electron chi connectivity index (χ0n) is 21.5. The van der Waals surface area contributed by atoms with Crippen molar-refractivity contribution in [1.82, 2.24) is 0 Å². The molecule has 10 nitrogen and oxygen atoms in total. The topological polar surface area (TPSA) is 116 Å². The first kappa shape index (κ1) is 30.7. The van der Waals surface area contributed by atoms with E-state index in [1.807, 2.05) is 6.07 Å². The van der Waals surface area contributed by atoms with Crippen LogP contribution in [0.25, 0.3) is 0 Å². The second-order valence-electron chi connectivity index (χ2n) is 7.48. The molecule has 0 aliphatic heterocycles. The maximum Gasteiger partial charge on any atom is 0.531 e. The standard InChI is InChI=1S/C24H38O10Si/c1-7-22(35(31-8-2,32-9-3)33-10-4)34-24(16-20(25)28-5,17-21(26)29-6)23(27)30-18-19-14-12-11-13-15-19/h11-15,22H,7-10,16-18H2,1-6H3. The van der Waals surface area contributed by atoms with Gasteiger partial charge in [0, 0.05) is 19.8 Å². The Morgan fingerprint density at radius 2 is 1.31 bits per heavy atom. The van der Waals surface area contributed by atoms with Crippen LogP contribution in [0.3, 0.4) is 0 Å². The predicted octanol–water partition coefficient (Wildman–Crippen LogP) is 2.98. The fourth-order valence-corrected chi connectivity index (χ4v) is 6.37. The van der Waals surface area contributed by atoms with Crippen molar-refractivity contribution < 1.29 is 46.6 Å². The number of hydrogen-bond donors (Lipinski definition) is 0. The van der Waals surface area contributed by atoms with Crippen LogP contribution in [0.5, 0.6) is 0 Å². The van der Waals surface area contributed by atoms with Gasteiger partial charge < -0.3 is 32.2 Å². The largest absolute Gasteiger partial charge is 0.531 e. The van der Waals surface area contributed by atoms with Crippen molar-refractivity contribution in [2.24, 2.45) is 0 Å². The van der Waals surface area contributed by atoms with Crippen molar-refractivity contribution in [2.45, 2.75) is 64.9 Å². The lowest BCUT2D eigenvalue weighted by Crippen LogP contribution is -2.61. The number of carbonyl (C=O) groups is 3. The van der Waals surface area contributed by atoms with Crippen molar-refractivity contribution in [3.05, 3.63) is 35.9 Å². The number of hydrogen-bond acceptors (Lipinski definition) is 10. The number of carbonyl (C=O) groups excluding carboxylic acids is 3. The van der Waals surface area contributed by atoms with E-state index >= 15 is 0 Å². The van der Waals surface area contributed by atoms with Crippen molar-refractivity contribution >= 4 is 26.7 Å². The summed E-state index contributed by atoms with van der Waals surface area (Å²) in [7, 11) is -1.17. The van der Waals surface area contributed by atoms with E-state index in [2.05, 4.69) is 0 Å². The van der Waals surface area contributed by atoms with Crippen LogP contribution in [0.1, 0.15) is 52.5 Å². The zero-order valence-corrected chi connectivity index (χ0v) is 22.5. The lowest BCUT2D eigenvalue weighted by Gasteiger charge is -2.39. The van der Waals surface area contributed by atoms with Crippen LogP contribution in [0.2, 0.25) is 0 Å². The van der Waals surface area contributed by atoms with Gasteiger partial charge in [0.05, 0.1) is 27.1 Å². The fourth-order valence-electron chi connectivity index (χ4n) is 3.49. The van der Waals surface area contributed by atoms with Crippen LogP contribution in [0, 0.1) is 0 Å². The van der Waals surface area contributed by atoms with Gasteiger partial charge in [0.2, 0.25) is 0 Å². The molecule has 0 aromatic heterocycles. The molecule has 0 saturated carbocycles. The highest BCUT2D eigenvalue weighted by molar-refractivity contribution is 6.62. The summed E-state index contributed by atoms with van der Waals surface area (Å²) in [5, 5.41) is 0. The molecule has 0 fully saturated rings. The molecule has 0 radical (unpaired) electrons. The highest BCUT2D eigenvalue weighted by Crippen LogP contribution is 2.32. The van der Waals surface area contributed by atoms with Crippen LogP contribution in [-0.4, -0.2) is 72.1 Å². The number of rotatable bonds is 17. The highest BCUT2D eigenvalue weighted by Gasteiger charge is 2.56. The summed E-state index contributed by atoms with van der Waals surface area (Å²) >= 11 is 0. The first-order chi connectivity index (χ1) is 16.8. The Hall–Kier alpha value is -2.31. The third-order valence-electron chi connectivity index (χ3n) is 5.07. The normalized spacial score (nSPS) is 12.6. The van der Waals surface area contributed by atoms with E-state index in [0.717, 1.165) is 5.56 Å². The maximum absolute atomic E-state index is 13.5. The number of esters is 3. The van der Waals surface area contributed by atoms with E-state index < -0.39 is 50.9 Å². The van der Waals surface area contributed by atoms with Crippen LogP contribution in [0.15, 0.2) is 30.3 Å². The van der Waals surface area contributed by atoms with Crippen LogP contribution >= 0.6 is 0 Å². The second kappa shape index (κ2) is 15.6. The Labute approximate surface area is 208 Å². The zero-order chi connectivity index (χ0) is 26.3. The van der Waals surface area contributed by atoms with E-state index in [-0.39, 0.29) is 26.4 Å². The van der Waals surface area contributed by atoms with Crippen LogP contribution in [-0.2, 0) is 53.2 Å². The van der Waals surface area contributed by atoms with Gasteiger partial charge in [-0.25, -0.2) is 4.79 Å².